The van der Waals surface area contributed by atoms with E-state index in [-0.39, 0.29) is 0 Å². The zero-order valence-corrected chi connectivity index (χ0v) is 18.3. The minimum absolute atomic E-state index is 0.605. The van der Waals surface area contributed by atoms with Gasteiger partial charge in [-0.05, 0) is 31.2 Å². The van der Waals surface area contributed by atoms with Crippen molar-refractivity contribution in [3.63, 3.8) is 0 Å². The Hall–Kier alpha value is -1.50. The maximum absolute atomic E-state index is 6.14. The van der Waals surface area contributed by atoms with Crippen LogP contribution < -0.4 is 10.2 Å². The first-order valence-corrected chi connectivity index (χ1v) is 10.8. The van der Waals surface area contributed by atoms with Gasteiger partial charge >= 0.3 is 0 Å². The van der Waals surface area contributed by atoms with Gasteiger partial charge in [-0.1, -0.05) is 24.6 Å². The van der Waals surface area contributed by atoms with Gasteiger partial charge in [0, 0.05) is 83.2 Å². The summed E-state index contributed by atoms with van der Waals surface area (Å²) >= 11 is 6.14. The van der Waals surface area contributed by atoms with E-state index in [1.54, 1.807) is 0 Å². The number of benzene rings is 1. The number of halogens is 1. The van der Waals surface area contributed by atoms with Crippen LogP contribution in [0, 0.1) is 5.92 Å². The third kappa shape index (κ3) is 6.00. The number of hydrogen-bond acceptors (Lipinski definition) is 4. The van der Waals surface area contributed by atoms with Crippen LogP contribution in [-0.2, 0) is 0 Å². The van der Waals surface area contributed by atoms with E-state index in [4.69, 9.17) is 11.6 Å². The maximum Gasteiger partial charge on any atom is 0.193 e. The zero-order chi connectivity index (χ0) is 19.9. The molecule has 2 aliphatic rings. The molecule has 0 saturated carbocycles. The Morgan fingerprint density at radius 3 is 2.46 bits per heavy atom. The number of piperazine rings is 2. The van der Waals surface area contributed by atoms with Crippen LogP contribution in [0.25, 0.3) is 0 Å². The van der Waals surface area contributed by atoms with Crippen molar-refractivity contribution in [2.24, 2.45) is 10.9 Å². The van der Waals surface area contributed by atoms with Crippen LogP contribution >= 0.6 is 11.6 Å². The maximum atomic E-state index is 6.14. The molecule has 156 valence electrons. The second-order valence-corrected chi connectivity index (χ2v) is 8.53. The van der Waals surface area contributed by atoms with Crippen LogP contribution in [0.5, 0.6) is 0 Å². The first-order valence-electron chi connectivity index (χ1n) is 10.4. The van der Waals surface area contributed by atoms with Crippen molar-refractivity contribution in [2.75, 3.05) is 84.4 Å². The number of rotatable bonds is 5. The second kappa shape index (κ2) is 10.3. The summed E-state index contributed by atoms with van der Waals surface area (Å²) in [6.07, 6.45) is 0. The van der Waals surface area contributed by atoms with E-state index in [0.29, 0.717) is 5.92 Å². The van der Waals surface area contributed by atoms with E-state index in [1.807, 2.05) is 25.2 Å². The lowest BCUT2D eigenvalue weighted by molar-refractivity contribution is 0.139. The molecule has 1 unspecified atom stereocenters. The quantitative estimate of drug-likeness (QED) is 0.597. The smallest absolute Gasteiger partial charge is 0.193 e. The molecule has 2 heterocycles. The van der Waals surface area contributed by atoms with Crippen LogP contribution in [0.4, 0.5) is 5.69 Å². The number of guanidine groups is 1. The number of likely N-dealkylation sites (N-methyl/N-ethyl adjacent to an activating group) is 1. The monoisotopic (exact) mass is 406 g/mol. The highest BCUT2D eigenvalue weighted by atomic mass is 35.5. The Bertz CT molecular complexity index is 636. The van der Waals surface area contributed by atoms with Gasteiger partial charge in [-0.25, -0.2) is 0 Å². The molecule has 1 aromatic carbocycles. The summed E-state index contributed by atoms with van der Waals surface area (Å²) in [5.74, 6) is 1.63. The normalized spacial score (nSPS) is 21.1. The molecule has 0 spiro atoms. The van der Waals surface area contributed by atoms with Crippen LogP contribution in [-0.4, -0.2) is 100 Å². The van der Waals surface area contributed by atoms with E-state index in [1.165, 1.54) is 31.9 Å². The first-order chi connectivity index (χ1) is 13.5. The summed E-state index contributed by atoms with van der Waals surface area (Å²) in [6, 6.07) is 8.13. The van der Waals surface area contributed by atoms with Gasteiger partial charge < -0.3 is 24.9 Å². The molecule has 1 aromatic rings. The van der Waals surface area contributed by atoms with Gasteiger partial charge in [-0.2, -0.15) is 0 Å². The molecule has 0 bridgehead atoms. The Kier molecular flexibility index (Phi) is 7.82. The largest absolute Gasteiger partial charge is 0.368 e. The molecule has 0 aliphatic carbocycles. The molecular weight excluding hydrogens is 372 g/mol. The standard InChI is InChI=1S/C21H35ClN6/c1-18(17-26-9-7-25(3)8-10-26)16-24-21(23-2)28-13-11-27(12-14-28)20-6-4-5-19(22)15-20/h4-6,15,18H,7-14,16-17H2,1-3H3,(H,23,24). The zero-order valence-electron chi connectivity index (χ0n) is 17.6. The Balaban J connectivity index is 1.42. The Labute approximate surface area is 175 Å². The molecule has 2 fully saturated rings. The summed E-state index contributed by atoms with van der Waals surface area (Å²) in [4.78, 5) is 14.3. The molecular formula is C21H35ClN6. The van der Waals surface area contributed by atoms with Crippen LogP contribution in [0.15, 0.2) is 29.3 Å². The third-order valence-electron chi connectivity index (χ3n) is 5.74. The van der Waals surface area contributed by atoms with Crippen molar-refractivity contribution in [1.29, 1.82) is 0 Å². The topological polar surface area (TPSA) is 37.4 Å². The Morgan fingerprint density at radius 2 is 1.82 bits per heavy atom. The fraction of sp³-hybridized carbons (Fsp3) is 0.667. The average Bonchev–Trinajstić information content (AvgIpc) is 2.71. The highest BCUT2D eigenvalue weighted by molar-refractivity contribution is 6.30. The fourth-order valence-corrected chi connectivity index (χ4v) is 4.17. The SMILES string of the molecule is CN=C(NCC(C)CN1CCN(C)CC1)N1CCN(c2cccc(Cl)c2)CC1. The van der Waals surface area contributed by atoms with Gasteiger partial charge in [0.15, 0.2) is 5.96 Å². The lowest BCUT2D eigenvalue weighted by Gasteiger charge is -2.38. The molecule has 0 amide bonds. The molecule has 2 aliphatic heterocycles. The molecule has 2 saturated heterocycles. The summed E-state index contributed by atoms with van der Waals surface area (Å²) in [5, 5.41) is 4.40. The first kappa shape index (κ1) is 21.2. The molecule has 6 nitrogen and oxygen atoms in total. The lowest BCUT2D eigenvalue weighted by atomic mass is 10.1. The summed E-state index contributed by atoms with van der Waals surface area (Å²) in [7, 11) is 4.09. The van der Waals surface area contributed by atoms with Crippen molar-refractivity contribution in [2.45, 2.75) is 6.92 Å². The van der Waals surface area contributed by atoms with Crippen LogP contribution in [0.1, 0.15) is 6.92 Å². The van der Waals surface area contributed by atoms with E-state index in [9.17, 15) is 0 Å². The average molecular weight is 407 g/mol. The Morgan fingerprint density at radius 1 is 1.11 bits per heavy atom. The van der Waals surface area contributed by atoms with Crippen molar-refractivity contribution in [3.8, 4) is 0 Å². The van der Waals surface area contributed by atoms with E-state index >= 15 is 0 Å². The predicted molar refractivity (Wildman–Crippen MR) is 120 cm³/mol. The number of aliphatic imine (C=N–C) groups is 1. The van der Waals surface area contributed by atoms with Gasteiger partial charge in [0.05, 0.1) is 0 Å². The van der Waals surface area contributed by atoms with Gasteiger partial charge in [-0.15, -0.1) is 0 Å². The lowest BCUT2D eigenvalue weighted by Crippen LogP contribution is -2.53. The molecule has 1 N–H and O–H groups in total. The number of hydrogen-bond donors (Lipinski definition) is 1. The van der Waals surface area contributed by atoms with Gasteiger partial charge in [0.25, 0.3) is 0 Å². The van der Waals surface area contributed by atoms with Crippen LogP contribution in [0.2, 0.25) is 5.02 Å². The molecule has 7 heteroatoms. The van der Waals surface area contributed by atoms with Gasteiger partial charge in [0.2, 0.25) is 0 Å². The highest BCUT2D eigenvalue weighted by Crippen LogP contribution is 2.20. The van der Waals surface area contributed by atoms with Crippen LogP contribution in [0.3, 0.4) is 0 Å². The number of anilines is 1. The molecule has 0 radical (unpaired) electrons. The number of nitrogens with zero attached hydrogens (tertiary/aromatic N) is 5. The van der Waals surface area contributed by atoms with Gasteiger partial charge in [0.1, 0.15) is 0 Å². The van der Waals surface area contributed by atoms with Gasteiger partial charge in [-0.3, -0.25) is 4.99 Å². The predicted octanol–water partition coefficient (Wildman–Crippen LogP) is 1.92. The molecule has 0 aromatic heterocycles. The van der Waals surface area contributed by atoms with Crippen molar-refractivity contribution in [1.82, 2.24) is 20.0 Å². The highest BCUT2D eigenvalue weighted by Gasteiger charge is 2.21. The van der Waals surface area contributed by atoms with Crippen molar-refractivity contribution < 1.29 is 0 Å². The van der Waals surface area contributed by atoms with Crippen molar-refractivity contribution in [3.05, 3.63) is 29.3 Å². The third-order valence-corrected chi connectivity index (χ3v) is 5.97. The molecule has 3 rings (SSSR count). The summed E-state index contributed by atoms with van der Waals surface area (Å²) in [5.41, 5.74) is 1.20. The molecule has 1 atom stereocenters. The van der Waals surface area contributed by atoms with E-state index < -0.39 is 0 Å². The fourth-order valence-electron chi connectivity index (χ4n) is 3.98. The number of nitrogens with one attached hydrogen (secondary N) is 1. The van der Waals surface area contributed by atoms with Crippen molar-refractivity contribution >= 4 is 23.2 Å². The minimum atomic E-state index is 0.605. The minimum Gasteiger partial charge on any atom is -0.368 e. The van der Waals surface area contributed by atoms with E-state index in [0.717, 1.165) is 50.3 Å². The van der Waals surface area contributed by atoms with E-state index in [2.05, 4.69) is 49.9 Å². The summed E-state index contributed by atoms with van der Waals surface area (Å²) in [6.45, 7) is 13.1. The summed E-state index contributed by atoms with van der Waals surface area (Å²) < 4.78 is 0. The second-order valence-electron chi connectivity index (χ2n) is 8.09. The molecule has 28 heavy (non-hydrogen) atoms.